The van der Waals surface area contributed by atoms with Crippen molar-refractivity contribution >= 4 is 33.3 Å². The molecule has 1 aliphatic carbocycles. The highest BCUT2D eigenvalue weighted by molar-refractivity contribution is 7.21. The summed E-state index contributed by atoms with van der Waals surface area (Å²) < 4.78 is 6.11. The highest BCUT2D eigenvalue weighted by Crippen LogP contribution is 2.43. The van der Waals surface area contributed by atoms with E-state index in [2.05, 4.69) is 25.6 Å². The SMILES string of the molecule is COCCNc1nc(C)c(-c2nc3c(C)nc(C)cc3s2)c(NC2(O)CCC(C(C)(C)O)C2O)n1. The quantitative estimate of drug-likeness (QED) is 0.230. The molecular formula is C24H34N6O4S. The van der Waals surface area contributed by atoms with E-state index in [-0.39, 0.29) is 6.42 Å². The van der Waals surface area contributed by atoms with Gasteiger partial charge in [0, 0.05) is 25.3 Å². The molecule has 1 fully saturated rings. The molecule has 10 nitrogen and oxygen atoms in total. The zero-order chi connectivity index (χ0) is 25.5. The van der Waals surface area contributed by atoms with Crippen LogP contribution in [0.3, 0.4) is 0 Å². The molecule has 0 aliphatic heterocycles. The number of aryl methyl sites for hydroxylation is 3. The van der Waals surface area contributed by atoms with Gasteiger partial charge in [0.05, 0.1) is 33.9 Å². The number of ether oxygens (including phenoxy) is 1. The van der Waals surface area contributed by atoms with Crippen LogP contribution in [0, 0.1) is 26.7 Å². The molecule has 35 heavy (non-hydrogen) atoms. The highest BCUT2D eigenvalue weighted by atomic mass is 32.1. The molecule has 0 bridgehead atoms. The highest BCUT2D eigenvalue weighted by Gasteiger charge is 2.52. The number of nitrogens with zero attached hydrogens (tertiary/aromatic N) is 4. The van der Waals surface area contributed by atoms with E-state index in [0.29, 0.717) is 47.6 Å². The number of hydrogen-bond acceptors (Lipinski definition) is 11. The number of rotatable bonds is 8. The molecule has 5 N–H and O–H groups in total. The second kappa shape index (κ2) is 9.55. The van der Waals surface area contributed by atoms with Crippen LogP contribution in [-0.2, 0) is 4.74 Å². The molecule has 0 radical (unpaired) electrons. The van der Waals surface area contributed by atoms with Crippen LogP contribution >= 0.6 is 11.3 Å². The van der Waals surface area contributed by atoms with Crippen LogP contribution in [0.2, 0.25) is 0 Å². The molecule has 1 aliphatic rings. The van der Waals surface area contributed by atoms with Gasteiger partial charge < -0.3 is 30.7 Å². The second-order valence-corrected chi connectivity index (χ2v) is 10.8. The molecule has 3 unspecified atom stereocenters. The molecule has 0 aromatic carbocycles. The van der Waals surface area contributed by atoms with Crippen LogP contribution < -0.4 is 10.6 Å². The number of hydrogen-bond donors (Lipinski definition) is 5. The lowest BCUT2D eigenvalue weighted by molar-refractivity contribution is -0.0926. The Kier molecular flexibility index (Phi) is 7.00. The Morgan fingerprint density at radius 1 is 1.17 bits per heavy atom. The lowest BCUT2D eigenvalue weighted by Gasteiger charge is -2.34. The first-order valence-electron chi connectivity index (χ1n) is 11.7. The number of methoxy groups -OCH3 is 1. The van der Waals surface area contributed by atoms with Gasteiger partial charge in [0.2, 0.25) is 5.95 Å². The maximum Gasteiger partial charge on any atom is 0.224 e. The lowest BCUT2D eigenvalue weighted by Crippen LogP contribution is -2.51. The van der Waals surface area contributed by atoms with Gasteiger partial charge in [0.15, 0.2) is 5.72 Å². The smallest absolute Gasteiger partial charge is 0.224 e. The molecule has 3 aromatic heterocycles. The molecule has 11 heteroatoms. The number of aromatic nitrogens is 4. The van der Waals surface area contributed by atoms with Crippen LogP contribution in [-0.4, -0.2) is 72.9 Å². The zero-order valence-electron chi connectivity index (χ0n) is 21.0. The Hall–Kier alpha value is -2.44. The van der Waals surface area contributed by atoms with Gasteiger partial charge in [0.1, 0.15) is 22.4 Å². The fourth-order valence-electron chi connectivity index (χ4n) is 4.69. The van der Waals surface area contributed by atoms with Gasteiger partial charge in [-0.2, -0.15) is 4.98 Å². The maximum absolute atomic E-state index is 11.4. The Labute approximate surface area is 208 Å². The van der Waals surface area contributed by atoms with Gasteiger partial charge in [-0.1, -0.05) is 0 Å². The van der Waals surface area contributed by atoms with Crippen LogP contribution in [0.15, 0.2) is 6.07 Å². The summed E-state index contributed by atoms with van der Waals surface area (Å²) in [6.45, 7) is 10.0. The summed E-state index contributed by atoms with van der Waals surface area (Å²) in [4.78, 5) is 18.6. The van der Waals surface area contributed by atoms with Gasteiger partial charge >= 0.3 is 0 Å². The molecule has 190 valence electrons. The van der Waals surface area contributed by atoms with Crippen LogP contribution in [0.25, 0.3) is 20.8 Å². The predicted octanol–water partition coefficient (Wildman–Crippen LogP) is 2.77. The average molecular weight is 503 g/mol. The minimum atomic E-state index is -1.67. The predicted molar refractivity (Wildman–Crippen MR) is 137 cm³/mol. The number of aliphatic hydroxyl groups is 3. The topological polar surface area (TPSA) is 146 Å². The van der Waals surface area contributed by atoms with Crippen molar-refractivity contribution in [1.82, 2.24) is 19.9 Å². The van der Waals surface area contributed by atoms with Crippen molar-refractivity contribution < 1.29 is 20.1 Å². The van der Waals surface area contributed by atoms with E-state index in [1.54, 1.807) is 21.0 Å². The summed E-state index contributed by atoms with van der Waals surface area (Å²) >= 11 is 1.50. The summed E-state index contributed by atoms with van der Waals surface area (Å²) in [5.74, 6) is 0.234. The third-order valence-electron chi connectivity index (χ3n) is 6.52. The van der Waals surface area contributed by atoms with Crippen LogP contribution in [0.1, 0.15) is 43.8 Å². The fraction of sp³-hybridized carbons (Fsp3) is 0.583. The summed E-state index contributed by atoms with van der Waals surface area (Å²) in [7, 11) is 1.62. The van der Waals surface area contributed by atoms with Crippen LogP contribution in [0.5, 0.6) is 0 Å². The standard InChI is InChI=1S/C24H34N6O4S/c1-12-11-16-18(14(3)26-12)28-21(35-16)17-13(2)27-22(25-9-10-34-6)29-20(17)30-24(33)8-7-15(19(24)31)23(4,5)32/h11,15,19,31-33H,7-10H2,1-6H3,(H2,25,27,29,30). The first kappa shape index (κ1) is 25.6. The number of anilines is 2. The van der Waals surface area contributed by atoms with E-state index in [1.807, 2.05) is 26.8 Å². The molecule has 1 saturated carbocycles. The molecule has 4 rings (SSSR count). The normalized spacial score (nSPS) is 22.7. The van der Waals surface area contributed by atoms with Crippen LogP contribution in [0.4, 0.5) is 11.8 Å². The van der Waals surface area contributed by atoms with Crippen molar-refractivity contribution in [3.8, 4) is 10.6 Å². The van der Waals surface area contributed by atoms with Gasteiger partial charge in [-0.05, 0) is 53.5 Å². The average Bonchev–Trinajstić information content (AvgIpc) is 3.29. The molecule has 0 saturated heterocycles. The summed E-state index contributed by atoms with van der Waals surface area (Å²) in [5, 5.41) is 39.8. The fourth-order valence-corrected chi connectivity index (χ4v) is 5.91. The van der Waals surface area contributed by atoms with Crippen molar-refractivity contribution in [3.63, 3.8) is 0 Å². The molecule has 0 spiro atoms. The van der Waals surface area contributed by atoms with Gasteiger partial charge in [-0.15, -0.1) is 11.3 Å². The van der Waals surface area contributed by atoms with E-state index < -0.39 is 23.3 Å². The third-order valence-corrected chi connectivity index (χ3v) is 7.54. The van der Waals surface area contributed by atoms with E-state index in [1.165, 1.54) is 11.3 Å². The number of aliphatic hydroxyl groups excluding tert-OH is 1. The minimum absolute atomic E-state index is 0.250. The summed E-state index contributed by atoms with van der Waals surface area (Å²) in [6.07, 6.45) is -0.488. The molecule has 0 amide bonds. The number of fused-ring (bicyclic) bond motifs is 1. The Bertz CT molecular complexity index is 1230. The summed E-state index contributed by atoms with van der Waals surface area (Å²) in [6, 6.07) is 2.00. The van der Waals surface area contributed by atoms with Gasteiger partial charge in [-0.3, -0.25) is 4.98 Å². The van der Waals surface area contributed by atoms with Gasteiger partial charge in [-0.25, -0.2) is 9.97 Å². The largest absolute Gasteiger partial charge is 0.390 e. The molecule has 3 aromatic rings. The Morgan fingerprint density at radius 3 is 2.57 bits per heavy atom. The minimum Gasteiger partial charge on any atom is -0.390 e. The van der Waals surface area contributed by atoms with Gasteiger partial charge in [0.25, 0.3) is 0 Å². The Morgan fingerprint density at radius 2 is 1.91 bits per heavy atom. The van der Waals surface area contributed by atoms with Crippen molar-refractivity contribution in [3.05, 3.63) is 23.1 Å². The first-order chi connectivity index (χ1) is 16.4. The number of thiazole rings is 1. The third kappa shape index (κ3) is 5.10. The van der Waals surface area contributed by atoms with E-state index in [0.717, 1.165) is 21.6 Å². The molecule has 3 atom stereocenters. The summed E-state index contributed by atoms with van der Waals surface area (Å²) in [5.41, 5.74) is 1.06. The van der Waals surface area contributed by atoms with Crippen molar-refractivity contribution in [2.45, 2.75) is 64.9 Å². The second-order valence-electron chi connectivity index (χ2n) is 9.78. The zero-order valence-corrected chi connectivity index (χ0v) is 21.8. The Balaban J connectivity index is 1.79. The lowest BCUT2D eigenvalue weighted by atomic mass is 9.87. The molecular weight excluding hydrogens is 468 g/mol. The van der Waals surface area contributed by atoms with Crippen molar-refractivity contribution in [2.24, 2.45) is 5.92 Å². The molecule has 3 heterocycles. The monoisotopic (exact) mass is 502 g/mol. The van der Waals surface area contributed by atoms with E-state index >= 15 is 0 Å². The number of nitrogens with one attached hydrogen (secondary N) is 2. The maximum atomic E-state index is 11.4. The van der Waals surface area contributed by atoms with E-state index in [9.17, 15) is 15.3 Å². The van der Waals surface area contributed by atoms with Crippen molar-refractivity contribution in [1.29, 1.82) is 0 Å². The van der Waals surface area contributed by atoms with Crippen molar-refractivity contribution in [2.75, 3.05) is 30.9 Å². The van der Waals surface area contributed by atoms with E-state index in [4.69, 9.17) is 9.72 Å². The number of pyridine rings is 1. The first-order valence-corrected chi connectivity index (χ1v) is 12.5.